The van der Waals surface area contributed by atoms with Gasteiger partial charge in [0.25, 0.3) is 0 Å². The van der Waals surface area contributed by atoms with Crippen molar-refractivity contribution >= 4 is 5.91 Å². The molecule has 0 N–H and O–H groups in total. The number of hydrogen-bond donors (Lipinski definition) is 0. The Hall–Kier alpha value is -0.610. The molecule has 2 fully saturated rings. The summed E-state index contributed by atoms with van der Waals surface area (Å²) in [6, 6.07) is 0. The zero-order valence-corrected chi connectivity index (χ0v) is 11.0. The normalized spacial score (nSPS) is 32.2. The molecule has 2 rings (SSSR count). The van der Waals surface area contributed by atoms with Gasteiger partial charge in [-0.3, -0.25) is 4.79 Å². The Labute approximate surface area is 103 Å². The van der Waals surface area contributed by atoms with Gasteiger partial charge in [0.1, 0.15) is 0 Å². The molecule has 0 aromatic carbocycles. The quantitative estimate of drug-likeness (QED) is 0.741. The number of amides is 1. The molecule has 0 aliphatic carbocycles. The van der Waals surface area contributed by atoms with E-state index in [1.165, 1.54) is 0 Å². The lowest BCUT2D eigenvalue weighted by Crippen LogP contribution is -2.34. The second kappa shape index (κ2) is 5.36. The fraction of sp³-hybridized carbons (Fsp3) is 0.923. The molecular weight excluding hydrogens is 218 g/mol. The smallest absolute Gasteiger partial charge is 0.225 e. The predicted molar refractivity (Wildman–Crippen MR) is 64.6 cm³/mol. The van der Waals surface area contributed by atoms with Crippen LogP contribution < -0.4 is 0 Å². The summed E-state index contributed by atoms with van der Waals surface area (Å²) in [5, 5.41) is 0. The molecule has 2 aliphatic heterocycles. The fourth-order valence-corrected chi connectivity index (χ4v) is 2.91. The van der Waals surface area contributed by atoms with Crippen molar-refractivity contribution in [2.75, 3.05) is 33.4 Å². The number of rotatable bonds is 4. The number of ether oxygens (including phenoxy) is 2. The molecule has 0 spiro atoms. The molecule has 0 saturated carbocycles. The van der Waals surface area contributed by atoms with Crippen LogP contribution in [0.1, 0.15) is 20.3 Å². The topological polar surface area (TPSA) is 38.8 Å². The number of hydrogen-bond acceptors (Lipinski definition) is 3. The van der Waals surface area contributed by atoms with Crippen molar-refractivity contribution < 1.29 is 14.3 Å². The van der Waals surface area contributed by atoms with Crippen molar-refractivity contribution in [2.24, 2.45) is 17.8 Å². The Balaban J connectivity index is 1.90. The molecule has 4 nitrogen and oxygen atoms in total. The Morgan fingerprint density at radius 1 is 1.47 bits per heavy atom. The van der Waals surface area contributed by atoms with Crippen LogP contribution in [0.2, 0.25) is 0 Å². The van der Waals surface area contributed by atoms with E-state index in [4.69, 9.17) is 9.47 Å². The van der Waals surface area contributed by atoms with Crippen molar-refractivity contribution in [1.29, 1.82) is 0 Å². The highest BCUT2D eigenvalue weighted by atomic mass is 16.5. The molecule has 0 radical (unpaired) electrons. The molecular formula is C13H23NO3. The number of likely N-dealkylation sites (tertiary alicyclic amines) is 1. The van der Waals surface area contributed by atoms with E-state index in [9.17, 15) is 4.79 Å². The molecule has 2 aliphatic rings. The minimum absolute atomic E-state index is 0.0891. The number of carbonyl (C=O) groups excluding carboxylic acids is 1. The predicted octanol–water partition coefficient (Wildman–Crippen LogP) is 1.15. The molecule has 0 aromatic heterocycles. The van der Waals surface area contributed by atoms with E-state index in [2.05, 4.69) is 0 Å². The summed E-state index contributed by atoms with van der Waals surface area (Å²) in [5.41, 5.74) is 0. The van der Waals surface area contributed by atoms with Crippen LogP contribution in [0.5, 0.6) is 0 Å². The summed E-state index contributed by atoms with van der Waals surface area (Å²) >= 11 is 0. The molecule has 2 heterocycles. The zero-order chi connectivity index (χ0) is 12.4. The first-order chi connectivity index (χ1) is 8.13. The second-order valence-corrected chi connectivity index (χ2v) is 5.48. The Kier molecular flexibility index (Phi) is 4.05. The summed E-state index contributed by atoms with van der Waals surface area (Å²) in [6.07, 6.45) is 1.31. The van der Waals surface area contributed by atoms with Crippen molar-refractivity contribution in [2.45, 2.75) is 26.4 Å². The number of methoxy groups -OCH3 is 1. The molecule has 2 saturated heterocycles. The van der Waals surface area contributed by atoms with Gasteiger partial charge >= 0.3 is 0 Å². The van der Waals surface area contributed by atoms with Crippen LogP contribution >= 0.6 is 0 Å². The van der Waals surface area contributed by atoms with E-state index in [0.29, 0.717) is 11.8 Å². The maximum absolute atomic E-state index is 11.9. The molecule has 0 bridgehead atoms. The molecule has 0 aromatic rings. The Morgan fingerprint density at radius 3 is 2.88 bits per heavy atom. The molecule has 4 heteroatoms. The summed E-state index contributed by atoms with van der Waals surface area (Å²) in [4.78, 5) is 13.9. The van der Waals surface area contributed by atoms with Crippen molar-refractivity contribution in [1.82, 2.24) is 4.90 Å². The van der Waals surface area contributed by atoms with E-state index in [0.717, 1.165) is 32.7 Å². The average molecular weight is 241 g/mol. The van der Waals surface area contributed by atoms with Gasteiger partial charge in [-0.25, -0.2) is 0 Å². The minimum Gasteiger partial charge on any atom is -0.385 e. The minimum atomic E-state index is 0.0891. The van der Waals surface area contributed by atoms with Gasteiger partial charge in [-0.15, -0.1) is 0 Å². The van der Waals surface area contributed by atoms with E-state index in [-0.39, 0.29) is 17.9 Å². The van der Waals surface area contributed by atoms with E-state index < -0.39 is 0 Å². The van der Waals surface area contributed by atoms with Crippen LogP contribution in [0.3, 0.4) is 0 Å². The van der Waals surface area contributed by atoms with Crippen molar-refractivity contribution in [3.8, 4) is 0 Å². The van der Waals surface area contributed by atoms with Crippen LogP contribution in [0, 0.1) is 17.8 Å². The van der Waals surface area contributed by atoms with Gasteiger partial charge in [-0.05, 0) is 12.3 Å². The van der Waals surface area contributed by atoms with Gasteiger partial charge in [-0.2, -0.15) is 0 Å². The Morgan fingerprint density at radius 2 is 2.24 bits per heavy atom. The second-order valence-electron chi connectivity index (χ2n) is 5.48. The SMILES string of the molecule is COCC[C@H]1CO[C@H]2CN(C(=O)C(C)C)C[C@@H]12. The first-order valence-electron chi connectivity index (χ1n) is 6.52. The molecule has 17 heavy (non-hydrogen) atoms. The molecule has 98 valence electrons. The fourth-order valence-electron chi connectivity index (χ4n) is 2.91. The highest BCUT2D eigenvalue weighted by Crippen LogP contribution is 2.35. The van der Waals surface area contributed by atoms with E-state index in [1.807, 2.05) is 18.7 Å². The van der Waals surface area contributed by atoms with Gasteiger partial charge in [0.05, 0.1) is 12.7 Å². The molecule has 0 unspecified atom stereocenters. The largest absolute Gasteiger partial charge is 0.385 e. The summed E-state index contributed by atoms with van der Waals surface area (Å²) in [6.45, 7) is 7.19. The lowest BCUT2D eigenvalue weighted by atomic mass is 9.91. The maximum Gasteiger partial charge on any atom is 0.225 e. The third-order valence-corrected chi connectivity index (χ3v) is 3.94. The summed E-state index contributed by atoms with van der Waals surface area (Å²) in [7, 11) is 1.73. The highest BCUT2D eigenvalue weighted by molar-refractivity contribution is 5.78. The standard InChI is InChI=1S/C13H23NO3/c1-9(2)13(15)14-6-11-10(4-5-16-3)8-17-12(11)7-14/h9-12H,4-8H2,1-3H3/t10-,11-,12-/m0/s1. The third-order valence-electron chi connectivity index (χ3n) is 3.94. The molecule has 3 atom stereocenters. The monoisotopic (exact) mass is 241 g/mol. The number of nitrogens with zero attached hydrogens (tertiary/aromatic N) is 1. The van der Waals surface area contributed by atoms with Crippen LogP contribution in [0.15, 0.2) is 0 Å². The van der Waals surface area contributed by atoms with Gasteiger partial charge < -0.3 is 14.4 Å². The van der Waals surface area contributed by atoms with Gasteiger partial charge in [0.15, 0.2) is 0 Å². The van der Waals surface area contributed by atoms with Crippen molar-refractivity contribution in [3.63, 3.8) is 0 Å². The van der Waals surface area contributed by atoms with E-state index >= 15 is 0 Å². The number of fused-ring (bicyclic) bond motifs is 1. The van der Waals surface area contributed by atoms with Crippen LogP contribution in [0.4, 0.5) is 0 Å². The lowest BCUT2D eigenvalue weighted by Gasteiger charge is -2.21. The van der Waals surface area contributed by atoms with Crippen LogP contribution in [-0.2, 0) is 14.3 Å². The Bertz CT molecular complexity index is 280. The van der Waals surface area contributed by atoms with Crippen LogP contribution in [0.25, 0.3) is 0 Å². The van der Waals surface area contributed by atoms with Gasteiger partial charge in [0, 0.05) is 38.6 Å². The van der Waals surface area contributed by atoms with Crippen molar-refractivity contribution in [3.05, 3.63) is 0 Å². The average Bonchev–Trinajstić information content (AvgIpc) is 2.85. The first kappa shape index (κ1) is 12.8. The lowest BCUT2D eigenvalue weighted by molar-refractivity contribution is -0.134. The maximum atomic E-state index is 11.9. The van der Waals surface area contributed by atoms with Crippen LogP contribution in [-0.4, -0.2) is 50.3 Å². The summed E-state index contributed by atoms with van der Waals surface area (Å²) in [5.74, 6) is 1.43. The number of carbonyl (C=O) groups is 1. The summed E-state index contributed by atoms with van der Waals surface area (Å²) < 4.78 is 10.9. The first-order valence-corrected chi connectivity index (χ1v) is 6.52. The third kappa shape index (κ3) is 2.63. The van der Waals surface area contributed by atoms with E-state index in [1.54, 1.807) is 7.11 Å². The zero-order valence-electron chi connectivity index (χ0n) is 11.0. The van der Waals surface area contributed by atoms with Gasteiger partial charge in [0.2, 0.25) is 5.91 Å². The van der Waals surface area contributed by atoms with Gasteiger partial charge in [-0.1, -0.05) is 13.8 Å². The highest BCUT2D eigenvalue weighted by Gasteiger charge is 2.44. The molecule has 1 amide bonds.